The molecule has 2 aliphatic carbocycles. The molecule has 210 valence electrons. The first kappa shape index (κ1) is 27.0. The number of amides is 1. The number of hydrogen-bond acceptors (Lipinski definition) is 8. The molecule has 2 saturated carbocycles. The first-order valence-electron chi connectivity index (χ1n) is 14.1. The fraction of sp³-hybridized carbons (Fsp3) is 0.419. The number of benzene rings is 2. The van der Waals surface area contributed by atoms with Crippen LogP contribution in [-0.2, 0) is 14.6 Å². The van der Waals surface area contributed by atoms with Crippen LogP contribution in [0, 0.1) is 28.6 Å². The van der Waals surface area contributed by atoms with Crippen molar-refractivity contribution in [2.75, 3.05) is 29.5 Å². The molecule has 0 bridgehead atoms. The molecule has 10 heteroatoms. The minimum absolute atomic E-state index is 0.105. The highest BCUT2D eigenvalue weighted by Gasteiger charge is 2.47. The van der Waals surface area contributed by atoms with E-state index in [-0.39, 0.29) is 29.2 Å². The third kappa shape index (κ3) is 5.57. The monoisotopic (exact) mass is 569 g/mol. The molecule has 6 rings (SSSR count). The molecule has 1 N–H and O–H groups in total. The number of oxazole rings is 1. The number of sulfone groups is 1. The van der Waals surface area contributed by atoms with Crippen LogP contribution in [-0.4, -0.2) is 49.4 Å². The van der Waals surface area contributed by atoms with Crippen molar-refractivity contribution < 1.29 is 17.6 Å². The second-order valence-electron chi connectivity index (χ2n) is 11.3. The third-order valence-corrected chi connectivity index (χ3v) is 10.1. The third-order valence-electron chi connectivity index (χ3n) is 8.53. The van der Waals surface area contributed by atoms with Crippen molar-refractivity contribution in [3.63, 3.8) is 0 Å². The van der Waals surface area contributed by atoms with Gasteiger partial charge in [-0.2, -0.15) is 10.5 Å². The average molecular weight is 570 g/mol. The average Bonchev–Trinajstić information content (AvgIpc) is 3.63. The van der Waals surface area contributed by atoms with E-state index in [4.69, 9.17) is 9.40 Å². The zero-order chi connectivity index (χ0) is 28.6. The van der Waals surface area contributed by atoms with Crippen molar-refractivity contribution in [2.45, 2.75) is 50.0 Å². The van der Waals surface area contributed by atoms with Crippen LogP contribution in [0.3, 0.4) is 0 Å². The molecule has 2 aromatic carbocycles. The van der Waals surface area contributed by atoms with Gasteiger partial charge >= 0.3 is 0 Å². The Balaban J connectivity index is 1.35. The largest absolute Gasteiger partial charge is 0.440 e. The molecule has 41 heavy (non-hydrogen) atoms. The Bertz CT molecular complexity index is 1630. The van der Waals surface area contributed by atoms with Crippen molar-refractivity contribution in [1.82, 2.24) is 10.3 Å². The van der Waals surface area contributed by atoms with Gasteiger partial charge in [0.25, 0.3) is 0 Å². The van der Waals surface area contributed by atoms with Crippen LogP contribution in [0.15, 0.2) is 52.9 Å². The van der Waals surface area contributed by atoms with E-state index in [1.54, 1.807) is 24.3 Å². The van der Waals surface area contributed by atoms with Crippen molar-refractivity contribution in [3.05, 3.63) is 59.9 Å². The van der Waals surface area contributed by atoms with Crippen LogP contribution in [0.5, 0.6) is 0 Å². The van der Waals surface area contributed by atoms with Gasteiger partial charge in [-0.3, -0.25) is 4.79 Å². The molecule has 2 atom stereocenters. The number of nitrogens with one attached hydrogen (secondary N) is 1. The lowest BCUT2D eigenvalue weighted by Gasteiger charge is -2.30. The number of aromatic nitrogens is 1. The molecule has 1 saturated heterocycles. The highest BCUT2D eigenvalue weighted by Crippen LogP contribution is 2.45. The first-order valence-corrected chi connectivity index (χ1v) is 15.9. The van der Waals surface area contributed by atoms with Crippen LogP contribution >= 0.6 is 0 Å². The summed E-state index contributed by atoms with van der Waals surface area (Å²) in [6, 6.07) is 19.3. The molecule has 1 aromatic heterocycles. The van der Waals surface area contributed by atoms with Gasteiger partial charge in [0.1, 0.15) is 17.0 Å². The first-order chi connectivity index (χ1) is 19.8. The van der Waals surface area contributed by atoms with Crippen LogP contribution in [0.25, 0.3) is 22.7 Å². The van der Waals surface area contributed by atoms with Gasteiger partial charge in [-0.15, -0.1) is 0 Å². The van der Waals surface area contributed by atoms with Crippen molar-refractivity contribution in [2.24, 2.45) is 5.92 Å². The van der Waals surface area contributed by atoms with E-state index in [2.05, 4.69) is 22.4 Å². The van der Waals surface area contributed by atoms with E-state index in [0.29, 0.717) is 55.3 Å². The maximum atomic E-state index is 13.5. The van der Waals surface area contributed by atoms with E-state index >= 15 is 0 Å². The fourth-order valence-corrected chi connectivity index (χ4v) is 7.08. The van der Waals surface area contributed by atoms with Crippen molar-refractivity contribution >= 4 is 21.4 Å². The zero-order valence-corrected chi connectivity index (χ0v) is 23.5. The van der Waals surface area contributed by atoms with E-state index in [9.17, 15) is 23.7 Å². The molecular weight excluding hydrogens is 538 g/mol. The highest BCUT2D eigenvalue weighted by molar-refractivity contribution is 7.91. The standard InChI is InChI=1S/C31H31N5O4S/c32-19-21-5-7-23(8-6-21)30-34-27(22-9-11-24(12-10-22)36-15-17-41(38,39)18-16-36)28(40-30)25-3-1-2-4-26(25)29(37)35-31(20-33)13-14-31/h5-12,25-26H,1-4,13-18H2,(H,35,37)/t25-,26-/m1/s1. The molecule has 9 nitrogen and oxygen atoms in total. The van der Waals surface area contributed by atoms with Gasteiger partial charge in [-0.1, -0.05) is 25.0 Å². The number of hydrogen-bond donors (Lipinski definition) is 1. The second-order valence-corrected chi connectivity index (χ2v) is 13.6. The fourth-order valence-electron chi connectivity index (χ4n) is 5.88. The van der Waals surface area contributed by atoms with Gasteiger partial charge < -0.3 is 14.6 Å². The number of nitrogens with zero attached hydrogens (tertiary/aromatic N) is 4. The van der Waals surface area contributed by atoms with Gasteiger partial charge in [0, 0.05) is 41.7 Å². The highest BCUT2D eigenvalue weighted by atomic mass is 32.2. The summed E-state index contributed by atoms with van der Waals surface area (Å²) in [6.07, 6.45) is 4.73. The van der Waals surface area contributed by atoms with E-state index in [0.717, 1.165) is 36.1 Å². The van der Waals surface area contributed by atoms with Gasteiger partial charge in [0.05, 0.1) is 29.2 Å². The molecule has 3 fully saturated rings. The smallest absolute Gasteiger partial charge is 0.226 e. The quantitative estimate of drug-likeness (QED) is 0.456. The lowest BCUT2D eigenvalue weighted by atomic mass is 9.76. The van der Waals surface area contributed by atoms with Crippen molar-refractivity contribution in [3.8, 4) is 34.8 Å². The summed E-state index contributed by atoms with van der Waals surface area (Å²) >= 11 is 0. The minimum atomic E-state index is -2.98. The van der Waals surface area contributed by atoms with Crippen LogP contribution in [0.4, 0.5) is 5.69 Å². The molecule has 0 unspecified atom stereocenters. The van der Waals surface area contributed by atoms with Crippen LogP contribution in [0.1, 0.15) is 55.8 Å². The maximum Gasteiger partial charge on any atom is 0.226 e. The molecule has 1 amide bonds. The summed E-state index contributed by atoms with van der Waals surface area (Å²) in [6.45, 7) is 0.922. The van der Waals surface area contributed by atoms with E-state index in [1.807, 2.05) is 24.3 Å². The Morgan fingerprint density at radius 1 is 0.976 bits per heavy atom. The predicted octanol–water partition coefficient (Wildman–Crippen LogP) is 4.56. The number of rotatable bonds is 6. The lowest BCUT2D eigenvalue weighted by molar-refractivity contribution is -0.127. The second kappa shape index (κ2) is 10.7. The van der Waals surface area contributed by atoms with Crippen molar-refractivity contribution in [1.29, 1.82) is 10.5 Å². The molecule has 3 aromatic rings. The molecule has 3 aliphatic rings. The summed E-state index contributed by atoms with van der Waals surface area (Å²) in [5.74, 6) is 0.742. The Hall–Kier alpha value is -4.15. The van der Waals surface area contributed by atoms with Gasteiger partial charge in [0.15, 0.2) is 9.84 Å². The van der Waals surface area contributed by atoms with E-state index < -0.39 is 15.4 Å². The summed E-state index contributed by atoms with van der Waals surface area (Å²) in [5, 5.41) is 21.8. The Labute approximate surface area is 239 Å². The number of nitriles is 2. The molecule has 1 aliphatic heterocycles. The van der Waals surface area contributed by atoms with Crippen LogP contribution in [0.2, 0.25) is 0 Å². The molecule has 0 radical (unpaired) electrons. The predicted molar refractivity (Wildman–Crippen MR) is 153 cm³/mol. The Kier molecular flexibility index (Phi) is 7.04. The Morgan fingerprint density at radius 2 is 1.63 bits per heavy atom. The summed E-state index contributed by atoms with van der Waals surface area (Å²) in [4.78, 5) is 20.4. The number of anilines is 1. The lowest BCUT2D eigenvalue weighted by Crippen LogP contribution is -2.42. The maximum absolute atomic E-state index is 13.5. The summed E-state index contributed by atoms with van der Waals surface area (Å²) in [5.41, 5.74) is 3.00. The van der Waals surface area contributed by atoms with Gasteiger partial charge in [0.2, 0.25) is 11.8 Å². The normalized spacial score (nSPS) is 22.7. The number of carbonyl (C=O) groups excluding carboxylic acids is 1. The zero-order valence-electron chi connectivity index (χ0n) is 22.7. The Morgan fingerprint density at radius 3 is 2.27 bits per heavy atom. The topological polar surface area (TPSA) is 140 Å². The molecular formula is C31H31N5O4S. The van der Waals surface area contributed by atoms with Gasteiger partial charge in [-0.05, 0) is 62.1 Å². The van der Waals surface area contributed by atoms with Gasteiger partial charge in [-0.25, -0.2) is 13.4 Å². The molecule has 2 heterocycles. The molecule has 0 spiro atoms. The summed E-state index contributed by atoms with van der Waals surface area (Å²) in [7, 11) is -2.98. The SMILES string of the molecule is N#Cc1ccc(-c2nc(-c3ccc(N4CCS(=O)(=O)CC4)cc3)c([C@@H]3CCCC[C@H]3C(=O)NC3(C#N)CC3)o2)cc1. The minimum Gasteiger partial charge on any atom is -0.440 e. The number of carbonyl (C=O) groups is 1. The summed E-state index contributed by atoms with van der Waals surface area (Å²) < 4.78 is 30.2. The van der Waals surface area contributed by atoms with E-state index in [1.165, 1.54) is 0 Å². The van der Waals surface area contributed by atoms with Crippen LogP contribution < -0.4 is 10.2 Å².